The molecule has 0 unspecified atom stereocenters. The molecule has 0 saturated carbocycles. The third-order valence-electron chi connectivity index (χ3n) is 3.37. The first-order chi connectivity index (χ1) is 11.3. The second kappa shape index (κ2) is 11.3. The summed E-state index contributed by atoms with van der Waals surface area (Å²) in [4.78, 5) is 0. The number of benzene rings is 1. The van der Waals surface area contributed by atoms with Crippen molar-refractivity contribution >= 4 is 0 Å². The lowest BCUT2D eigenvalue weighted by atomic mass is 10.0. The summed E-state index contributed by atoms with van der Waals surface area (Å²) in [7, 11) is 1.66. The van der Waals surface area contributed by atoms with Crippen LogP contribution in [0.15, 0.2) is 35.4 Å². The van der Waals surface area contributed by atoms with Crippen LogP contribution in [0.4, 0.5) is 0 Å². The van der Waals surface area contributed by atoms with Gasteiger partial charge in [0.2, 0.25) is 0 Å². The van der Waals surface area contributed by atoms with Gasteiger partial charge in [-0.3, -0.25) is 0 Å². The van der Waals surface area contributed by atoms with Crippen LogP contribution in [0.5, 0.6) is 5.75 Å². The molecule has 0 N–H and O–H groups in total. The molecule has 0 aromatic heterocycles. The van der Waals surface area contributed by atoms with Gasteiger partial charge < -0.3 is 9.47 Å². The highest BCUT2D eigenvalue weighted by atomic mass is 16.5. The molecular weight excluding hydrogens is 284 g/mol. The Kier molecular flexibility index (Phi) is 9.18. The largest absolute Gasteiger partial charge is 0.495 e. The number of unbranched alkanes of at least 4 members (excludes halogenated alkanes) is 1. The molecule has 0 spiro atoms. The number of rotatable bonds is 6. The summed E-state index contributed by atoms with van der Waals surface area (Å²) in [6.45, 7) is 6.83. The normalized spacial score (nSPS) is 10.6. The molecule has 0 aliphatic carbocycles. The van der Waals surface area contributed by atoms with Crippen LogP contribution in [0.1, 0.15) is 52.0 Å². The van der Waals surface area contributed by atoms with Crippen molar-refractivity contribution in [1.82, 2.24) is 0 Å². The maximum atomic E-state index is 5.35. The Morgan fingerprint density at radius 3 is 2.48 bits per heavy atom. The average Bonchev–Trinajstić information content (AvgIpc) is 2.59. The fourth-order valence-electron chi connectivity index (χ4n) is 2.08. The molecule has 1 aromatic carbocycles. The molecule has 2 nitrogen and oxygen atoms in total. The van der Waals surface area contributed by atoms with Crippen LogP contribution in [0.3, 0.4) is 0 Å². The van der Waals surface area contributed by atoms with Crippen molar-refractivity contribution in [2.24, 2.45) is 0 Å². The molecule has 23 heavy (non-hydrogen) atoms. The molecular formula is C21H26O2. The van der Waals surface area contributed by atoms with E-state index in [-0.39, 0.29) is 0 Å². The molecule has 0 aliphatic heterocycles. The van der Waals surface area contributed by atoms with Gasteiger partial charge in [0.25, 0.3) is 0 Å². The minimum Gasteiger partial charge on any atom is -0.495 e. The average molecular weight is 310 g/mol. The van der Waals surface area contributed by atoms with Crippen molar-refractivity contribution in [2.45, 2.75) is 46.5 Å². The van der Waals surface area contributed by atoms with E-state index in [9.17, 15) is 0 Å². The van der Waals surface area contributed by atoms with Gasteiger partial charge in [0.1, 0.15) is 11.9 Å². The third kappa shape index (κ3) is 6.54. The Morgan fingerprint density at radius 2 is 1.83 bits per heavy atom. The van der Waals surface area contributed by atoms with Crippen LogP contribution < -0.4 is 4.74 Å². The van der Waals surface area contributed by atoms with E-state index in [0.29, 0.717) is 6.61 Å². The smallest absolute Gasteiger partial charge is 0.134 e. The van der Waals surface area contributed by atoms with Crippen molar-refractivity contribution in [3.63, 3.8) is 0 Å². The first-order valence-electron chi connectivity index (χ1n) is 8.26. The number of ether oxygens (including phenoxy) is 2. The van der Waals surface area contributed by atoms with E-state index < -0.39 is 0 Å². The van der Waals surface area contributed by atoms with Gasteiger partial charge in [-0.15, -0.1) is 0 Å². The Balaban J connectivity index is 3.15. The van der Waals surface area contributed by atoms with Gasteiger partial charge in [0.05, 0.1) is 19.3 Å². The molecule has 0 heterocycles. The predicted octanol–water partition coefficient (Wildman–Crippen LogP) is 4.94. The predicted molar refractivity (Wildman–Crippen MR) is 96.1 cm³/mol. The molecule has 1 aromatic rings. The van der Waals surface area contributed by atoms with Crippen LogP contribution in [0.2, 0.25) is 0 Å². The zero-order valence-electron chi connectivity index (χ0n) is 14.7. The maximum Gasteiger partial charge on any atom is 0.134 e. The summed E-state index contributed by atoms with van der Waals surface area (Å²) in [5.41, 5.74) is 3.07. The van der Waals surface area contributed by atoms with Crippen LogP contribution >= 0.6 is 0 Å². The highest BCUT2D eigenvalue weighted by Crippen LogP contribution is 2.18. The zero-order valence-corrected chi connectivity index (χ0v) is 14.7. The topological polar surface area (TPSA) is 18.5 Å². The quantitative estimate of drug-likeness (QED) is 0.693. The fourth-order valence-corrected chi connectivity index (χ4v) is 2.08. The van der Waals surface area contributed by atoms with Gasteiger partial charge in [-0.25, -0.2) is 0 Å². The van der Waals surface area contributed by atoms with Gasteiger partial charge in [0, 0.05) is 11.1 Å². The highest BCUT2D eigenvalue weighted by Gasteiger charge is 2.02. The molecule has 0 atom stereocenters. The summed E-state index contributed by atoms with van der Waals surface area (Å²) in [5, 5.41) is 0. The second-order valence-electron chi connectivity index (χ2n) is 5.02. The van der Waals surface area contributed by atoms with E-state index in [1.54, 1.807) is 7.11 Å². The summed E-state index contributed by atoms with van der Waals surface area (Å²) in [6, 6.07) is 7.80. The van der Waals surface area contributed by atoms with Crippen molar-refractivity contribution in [3.05, 3.63) is 41.0 Å². The van der Waals surface area contributed by atoms with E-state index >= 15 is 0 Å². The maximum absolute atomic E-state index is 5.35. The summed E-state index contributed by atoms with van der Waals surface area (Å²) in [5.74, 6) is 10.5. The standard InChI is InChI=1S/C21H26O2/c1-5-8-11-19(16-17-23-7-3)18(6-2)14-15-20-12-9-10-13-21(20)22-4/h9-10,12-13H,5-8,11H2,1-4H3/b19-18-. The second-order valence-corrected chi connectivity index (χ2v) is 5.02. The van der Waals surface area contributed by atoms with Gasteiger partial charge >= 0.3 is 0 Å². The molecule has 0 radical (unpaired) electrons. The number of para-hydroxylation sites is 1. The lowest BCUT2D eigenvalue weighted by Gasteiger charge is -2.04. The molecule has 0 saturated heterocycles. The van der Waals surface area contributed by atoms with E-state index in [4.69, 9.17) is 9.47 Å². The molecule has 122 valence electrons. The monoisotopic (exact) mass is 310 g/mol. The minimum absolute atomic E-state index is 0.600. The van der Waals surface area contributed by atoms with Crippen molar-refractivity contribution in [3.8, 4) is 29.6 Å². The first-order valence-corrected chi connectivity index (χ1v) is 8.26. The number of hydrogen-bond donors (Lipinski definition) is 0. The Labute approximate surface area is 140 Å². The van der Waals surface area contributed by atoms with E-state index in [0.717, 1.165) is 48.1 Å². The Morgan fingerprint density at radius 1 is 1.04 bits per heavy atom. The third-order valence-corrected chi connectivity index (χ3v) is 3.37. The van der Waals surface area contributed by atoms with Gasteiger partial charge in [0.15, 0.2) is 0 Å². The fraction of sp³-hybridized carbons (Fsp3) is 0.429. The van der Waals surface area contributed by atoms with Crippen LogP contribution in [-0.2, 0) is 4.74 Å². The Hall–Kier alpha value is -2.32. The van der Waals surface area contributed by atoms with Crippen molar-refractivity contribution in [2.75, 3.05) is 13.7 Å². The number of hydrogen-bond acceptors (Lipinski definition) is 2. The molecule has 0 fully saturated rings. The van der Waals surface area contributed by atoms with Crippen LogP contribution in [0.25, 0.3) is 0 Å². The van der Waals surface area contributed by atoms with Gasteiger partial charge in [-0.1, -0.05) is 44.2 Å². The number of methoxy groups -OCH3 is 1. The number of allylic oxidation sites excluding steroid dienone is 2. The molecule has 2 heteroatoms. The zero-order chi connectivity index (χ0) is 16.9. The highest BCUT2D eigenvalue weighted by molar-refractivity contribution is 5.51. The van der Waals surface area contributed by atoms with Crippen LogP contribution in [-0.4, -0.2) is 13.7 Å². The molecule has 1 rings (SSSR count). The molecule has 0 aliphatic rings. The minimum atomic E-state index is 0.600. The van der Waals surface area contributed by atoms with Gasteiger partial charge in [-0.2, -0.15) is 0 Å². The molecule has 0 amide bonds. The van der Waals surface area contributed by atoms with Crippen LogP contribution in [0, 0.1) is 23.9 Å². The van der Waals surface area contributed by atoms with E-state index in [1.807, 2.05) is 31.2 Å². The summed E-state index contributed by atoms with van der Waals surface area (Å²) < 4.78 is 10.5. The molecule has 0 bridgehead atoms. The summed E-state index contributed by atoms with van der Waals surface area (Å²) in [6.07, 6.45) is 6.83. The van der Waals surface area contributed by atoms with Gasteiger partial charge in [-0.05, 0) is 44.2 Å². The van der Waals surface area contributed by atoms with E-state index in [2.05, 4.69) is 37.7 Å². The lowest BCUT2D eigenvalue weighted by molar-refractivity contribution is 0.299. The first kappa shape index (κ1) is 18.7. The SMILES string of the molecule is CCCC/C(C#COCC)=C(/C#Cc1ccccc1OC)CC. The van der Waals surface area contributed by atoms with Crippen molar-refractivity contribution in [1.29, 1.82) is 0 Å². The lowest BCUT2D eigenvalue weighted by Crippen LogP contribution is -1.91. The van der Waals surface area contributed by atoms with E-state index in [1.165, 1.54) is 0 Å². The Bertz CT molecular complexity index is 633. The van der Waals surface area contributed by atoms with Crippen molar-refractivity contribution < 1.29 is 9.47 Å². The summed E-state index contributed by atoms with van der Waals surface area (Å²) >= 11 is 0.